The molecule has 2 bridgehead atoms. The van der Waals surface area contributed by atoms with Crippen LogP contribution in [0.4, 0.5) is 5.82 Å². The van der Waals surface area contributed by atoms with Crippen LogP contribution < -0.4 is 5.32 Å². The fraction of sp³-hybridized carbons (Fsp3) is 0.500. The van der Waals surface area contributed by atoms with Gasteiger partial charge in [-0.3, -0.25) is 4.79 Å². The van der Waals surface area contributed by atoms with Crippen LogP contribution in [-0.4, -0.2) is 48.1 Å². The molecule has 4 aromatic rings. The average molecular weight is 508 g/mol. The number of aromatic nitrogens is 6. The Labute approximate surface area is 214 Å². The zero-order valence-electron chi connectivity index (χ0n) is 20.7. The monoisotopic (exact) mass is 507 g/mol. The van der Waals surface area contributed by atoms with Gasteiger partial charge in [0.15, 0.2) is 11.5 Å². The second-order valence-corrected chi connectivity index (χ2v) is 10.6. The molecule has 0 aromatic carbocycles. The van der Waals surface area contributed by atoms with E-state index in [1.807, 2.05) is 25.4 Å². The molecule has 188 valence electrons. The van der Waals surface area contributed by atoms with Crippen molar-refractivity contribution in [2.45, 2.75) is 58.5 Å². The summed E-state index contributed by atoms with van der Waals surface area (Å²) < 4.78 is 7.65. The van der Waals surface area contributed by atoms with Crippen LogP contribution in [0.2, 0.25) is 5.15 Å². The highest BCUT2D eigenvalue weighted by Gasteiger charge is 2.48. The summed E-state index contributed by atoms with van der Waals surface area (Å²) in [5.41, 5.74) is 2.81. The molecule has 10 heteroatoms. The second-order valence-electron chi connectivity index (χ2n) is 10.2. The van der Waals surface area contributed by atoms with Gasteiger partial charge in [0.25, 0.3) is 0 Å². The molecule has 0 amide bonds. The van der Waals surface area contributed by atoms with Crippen molar-refractivity contribution < 1.29 is 9.53 Å². The summed E-state index contributed by atoms with van der Waals surface area (Å²) in [7, 11) is 0. The van der Waals surface area contributed by atoms with Gasteiger partial charge >= 0.3 is 5.97 Å². The molecule has 3 aliphatic carbocycles. The smallest absolute Gasteiger partial charge is 0.311 e. The van der Waals surface area contributed by atoms with Gasteiger partial charge in [-0.25, -0.2) is 19.9 Å². The summed E-state index contributed by atoms with van der Waals surface area (Å²) in [5, 5.41) is 4.96. The van der Waals surface area contributed by atoms with Gasteiger partial charge < -0.3 is 19.6 Å². The van der Waals surface area contributed by atoms with Crippen molar-refractivity contribution in [3.05, 3.63) is 29.8 Å². The van der Waals surface area contributed by atoms with E-state index in [0.29, 0.717) is 40.6 Å². The summed E-state index contributed by atoms with van der Waals surface area (Å²) in [6, 6.07) is 2.24. The van der Waals surface area contributed by atoms with Gasteiger partial charge in [0, 0.05) is 24.5 Å². The van der Waals surface area contributed by atoms with Gasteiger partial charge in [-0.05, 0) is 64.4 Å². The van der Waals surface area contributed by atoms with Gasteiger partial charge in [0.05, 0.1) is 29.7 Å². The number of halogens is 1. The molecule has 3 aliphatic rings. The molecule has 9 nitrogen and oxygen atoms in total. The molecule has 0 aliphatic heterocycles. The first-order valence-electron chi connectivity index (χ1n) is 12.8. The predicted molar refractivity (Wildman–Crippen MR) is 139 cm³/mol. The summed E-state index contributed by atoms with van der Waals surface area (Å²) in [6.07, 6.45) is 9.76. The molecule has 3 saturated carbocycles. The van der Waals surface area contributed by atoms with E-state index in [1.165, 1.54) is 6.20 Å². The lowest BCUT2D eigenvalue weighted by molar-refractivity contribution is -0.154. The number of esters is 1. The highest BCUT2D eigenvalue weighted by Crippen LogP contribution is 2.47. The SMILES string of the molecule is CCOC(=O)[C@@H]1C2CCC(CC2)[C@H]1Nc1nc(-c2c[nH]c3ncc(Cl)nc23)nc2c1ccn2C(C)C. The number of anilines is 1. The summed E-state index contributed by atoms with van der Waals surface area (Å²) in [6.45, 7) is 6.51. The van der Waals surface area contributed by atoms with Gasteiger partial charge in [0.1, 0.15) is 22.1 Å². The van der Waals surface area contributed by atoms with E-state index in [-0.39, 0.29) is 24.0 Å². The Hall–Kier alpha value is -3.20. The Bertz CT molecular complexity index is 1440. The van der Waals surface area contributed by atoms with Crippen molar-refractivity contribution >= 4 is 45.6 Å². The van der Waals surface area contributed by atoms with E-state index >= 15 is 0 Å². The zero-order chi connectivity index (χ0) is 25.0. The Morgan fingerprint density at radius 2 is 2.00 bits per heavy atom. The Kier molecular flexibility index (Phi) is 5.82. The molecule has 3 fully saturated rings. The minimum atomic E-state index is -0.170. The second kappa shape index (κ2) is 9.03. The van der Waals surface area contributed by atoms with E-state index in [4.69, 9.17) is 26.3 Å². The maximum atomic E-state index is 13.0. The van der Waals surface area contributed by atoms with Gasteiger partial charge in [0.2, 0.25) is 0 Å². The highest BCUT2D eigenvalue weighted by atomic mass is 35.5. The fourth-order valence-electron chi connectivity index (χ4n) is 6.11. The molecule has 2 N–H and O–H groups in total. The molecule has 0 saturated heterocycles. The zero-order valence-corrected chi connectivity index (χ0v) is 21.4. The van der Waals surface area contributed by atoms with Gasteiger partial charge in [-0.2, -0.15) is 0 Å². The largest absolute Gasteiger partial charge is 0.466 e. The maximum Gasteiger partial charge on any atom is 0.311 e. The van der Waals surface area contributed by atoms with Crippen LogP contribution in [0.25, 0.3) is 33.6 Å². The van der Waals surface area contributed by atoms with Crippen molar-refractivity contribution in [3.8, 4) is 11.4 Å². The van der Waals surface area contributed by atoms with Crippen LogP contribution in [-0.2, 0) is 9.53 Å². The van der Waals surface area contributed by atoms with Gasteiger partial charge in [-0.15, -0.1) is 0 Å². The Balaban J connectivity index is 1.48. The number of carbonyl (C=O) groups excluding carboxylic acids is 1. The lowest BCUT2D eigenvalue weighted by Gasteiger charge is -2.47. The van der Waals surface area contributed by atoms with Crippen molar-refractivity contribution in [1.82, 2.24) is 29.5 Å². The number of nitrogens with zero attached hydrogens (tertiary/aromatic N) is 5. The normalized spacial score (nSPS) is 23.6. The van der Waals surface area contributed by atoms with Crippen LogP contribution in [0.5, 0.6) is 0 Å². The molecule has 7 rings (SSSR count). The van der Waals surface area contributed by atoms with Crippen molar-refractivity contribution in [2.24, 2.45) is 17.8 Å². The number of fused-ring (bicyclic) bond motifs is 5. The van der Waals surface area contributed by atoms with Crippen LogP contribution in [0, 0.1) is 17.8 Å². The standard InChI is InChI=1S/C26H30ClN7O2/c1-4-36-26(35)19-14-5-7-15(8-6-14)20(19)31-22-16-9-10-34(13(2)3)25(16)33-23(32-22)17-11-28-24-21(17)30-18(27)12-29-24/h9-15,19-20H,4-8H2,1-3H3,(H,28,29)(H,31,32,33)/t14?,15?,19-,20-/m1/s1. The van der Waals surface area contributed by atoms with E-state index in [2.05, 4.69) is 38.7 Å². The van der Waals surface area contributed by atoms with Crippen molar-refractivity contribution in [3.63, 3.8) is 0 Å². The average Bonchev–Trinajstić information content (AvgIpc) is 3.49. The summed E-state index contributed by atoms with van der Waals surface area (Å²) >= 11 is 6.16. The number of nitrogens with one attached hydrogen (secondary N) is 2. The lowest BCUT2D eigenvalue weighted by atomic mass is 9.61. The predicted octanol–water partition coefficient (Wildman–Crippen LogP) is 5.38. The molecule has 2 atom stereocenters. The first-order chi connectivity index (χ1) is 17.4. The Morgan fingerprint density at radius 1 is 1.22 bits per heavy atom. The molecular formula is C26H30ClN7O2. The summed E-state index contributed by atoms with van der Waals surface area (Å²) in [4.78, 5) is 35.0. The summed E-state index contributed by atoms with van der Waals surface area (Å²) in [5.74, 6) is 1.73. The lowest BCUT2D eigenvalue weighted by Crippen LogP contribution is -2.52. The molecule has 36 heavy (non-hydrogen) atoms. The molecular weight excluding hydrogens is 478 g/mol. The number of hydrogen-bond acceptors (Lipinski definition) is 7. The maximum absolute atomic E-state index is 13.0. The first kappa shape index (κ1) is 23.2. The quantitative estimate of drug-likeness (QED) is 0.337. The third-order valence-corrected chi connectivity index (χ3v) is 7.98. The van der Waals surface area contributed by atoms with E-state index in [1.54, 1.807) is 0 Å². The van der Waals surface area contributed by atoms with E-state index in [0.717, 1.165) is 48.1 Å². The number of H-pyrrole nitrogens is 1. The fourth-order valence-corrected chi connectivity index (χ4v) is 6.25. The number of aromatic amines is 1. The molecule has 4 heterocycles. The topological polar surface area (TPSA) is 111 Å². The molecule has 0 spiro atoms. The number of carbonyl (C=O) groups is 1. The highest BCUT2D eigenvalue weighted by molar-refractivity contribution is 6.29. The molecule has 4 aromatic heterocycles. The van der Waals surface area contributed by atoms with Crippen LogP contribution >= 0.6 is 11.6 Å². The molecule has 0 radical (unpaired) electrons. The van der Waals surface area contributed by atoms with Crippen LogP contribution in [0.1, 0.15) is 52.5 Å². The number of hydrogen-bond donors (Lipinski definition) is 2. The first-order valence-corrected chi connectivity index (χ1v) is 13.1. The third kappa shape index (κ3) is 3.80. The van der Waals surface area contributed by atoms with Gasteiger partial charge in [-0.1, -0.05) is 11.6 Å². The minimum absolute atomic E-state index is 0.0258. The molecule has 0 unspecified atom stereocenters. The van der Waals surface area contributed by atoms with Crippen molar-refractivity contribution in [1.29, 1.82) is 0 Å². The Morgan fingerprint density at radius 3 is 2.75 bits per heavy atom. The van der Waals surface area contributed by atoms with E-state index < -0.39 is 0 Å². The minimum Gasteiger partial charge on any atom is -0.466 e. The number of rotatable bonds is 6. The number of ether oxygens (including phenoxy) is 1. The van der Waals surface area contributed by atoms with E-state index in [9.17, 15) is 4.79 Å². The third-order valence-electron chi connectivity index (χ3n) is 7.80. The van der Waals surface area contributed by atoms with Crippen LogP contribution in [0.15, 0.2) is 24.7 Å². The van der Waals surface area contributed by atoms with Crippen LogP contribution in [0.3, 0.4) is 0 Å². The van der Waals surface area contributed by atoms with Crippen molar-refractivity contribution in [2.75, 3.05) is 11.9 Å².